The maximum absolute atomic E-state index is 12.9. The largest absolute Gasteiger partial charge is 0.356 e. The van der Waals surface area contributed by atoms with Gasteiger partial charge in [0.2, 0.25) is 5.91 Å². The summed E-state index contributed by atoms with van der Waals surface area (Å²) in [7, 11) is 0. The van der Waals surface area contributed by atoms with Crippen LogP contribution in [-0.2, 0) is 11.3 Å². The Bertz CT molecular complexity index is 957. The molecule has 1 saturated carbocycles. The average Bonchev–Trinajstić information content (AvgIpc) is 3.50. The van der Waals surface area contributed by atoms with E-state index < -0.39 is 0 Å². The van der Waals surface area contributed by atoms with E-state index in [0.29, 0.717) is 18.7 Å². The first kappa shape index (κ1) is 21.3. The molecule has 7 nitrogen and oxygen atoms in total. The molecular weight excluding hydrogens is 390 g/mol. The van der Waals surface area contributed by atoms with Gasteiger partial charge in [0, 0.05) is 44.4 Å². The van der Waals surface area contributed by atoms with E-state index in [1.165, 1.54) is 19.2 Å². The minimum absolute atomic E-state index is 0.216. The first-order valence-corrected chi connectivity index (χ1v) is 11.3. The molecule has 0 spiro atoms. The smallest absolute Gasteiger partial charge is 0.274 e. The Morgan fingerprint density at radius 2 is 2.10 bits per heavy atom. The van der Waals surface area contributed by atoms with Gasteiger partial charge in [0.15, 0.2) is 0 Å². The molecular formula is C24H31N5O2. The van der Waals surface area contributed by atoms with Gasteiger partial charge in [-0.05, 0) is 55.7 Å². The Labute approximate surface area is 183 Å². The van der Waals surface area contributed by atoms with E-state index in [1.807, 2.05) is 30.0 Å². The zero-order chi connectivity index (χ0) is 21.8. The summed E-state index contributed by atoms with van der Waals surface area (Å²) in [5, 5.41) is 2.98. The number of amides is 2. The first-order valence-electron chi connectivity index (χ1n) is 11.3. The summed E-state index contributed by atoms with van der Waals surface area (Å²) < 4.78 is 0. The van der Waals surface area contributed by atoms with Crippen LogP contribution in [0.25, 0.3) is 0 Å². The van der Waals surface area contributed by atoms with Gasteiger partial charge < -0.3 is 15.1 Å². The van der Waals surface area contributed by atoms with Crippen molar-refractivity contribution in [1.29, 1.82) is 0 Å². The number of nitrogens with zero attached hydrogens (tertiary/aromatic N) is 4. The van der Waals surface area contributed by atoms with Crippen LogP contribution in [0.15, 0.2) is 30.6 Å². The monoisotopic (exact) mass is 421 g/mol. The summed E-state index contributed by atoms with van der Waals surface area (Å²) in [6.45, 7) is 7.48. The van der Waals surface area contributed by atoms with Gasteiger partial charge in [-0.1, -0.05) is 19.1 Å². The molecule has 1 aromatic heterocycles. The molecule has 2 fully saturated rings. The van der Waals surface area contributed by atoms with Crippen LogP contribution in [0.1, 0.15) is 60.6 Å². The van der Waals surface area contributed by atoms with Crippen LogP contribution in [0.3, 0.4) is 0 Å². The number of carbonyl (C=O) groups is 2. The molecule has 164 valence electrons. The number of hydrogen-bond acceptors (Lipinski definition) is 5. The van der Waals surface area contributed by atoms with E-state index in [9.17, 15) is 9.59 Å². The van der Waals surface area contributed by atoms with Crippen molar-refractivity contribution in [2.45, 2.75) is 52.5 Å². The van der Waals surface area contributed by atoms with Gasteiger partial charge in [0.05, 0.1) is 0 Å². The van der Waals surface area contributed by atoms with Gasteiger partial charge in [-0.2, -0.15) is 0 Å². The topological polar surface area (TPSA) is 78.4 Å². The molecule has 2 aliphatic rings. The summed E-state index contributed by atoms with van der Waals surface area (Å²) in [6, 6.07) is 7.70. The highest BCUT2D eigenvalue weighted by molar-refractivity contribution is 6.03. The molecule has 4 rings (SSSR count). The molecule has 1 aliphatic carbocycles. The third-order valence-electron chi connectivity index (χ3n) is 5.96. The fourth-order valence-corrected chi connectivity index (χ4v) is 4.07. The second kappa shape index (κ2) is 9.45. The van der Waals surface area contributed by atoms with Crippen molar-refractivity contribution in [1.82, 2.24) is 14.9 Å². The normalized spacial score (nSPS) is 15.9. The SMILES string of the molecule is CCCN(CC1CC1)c1cc(C(=O)Nc2ccc(CN3CCCC3=O)cc2C)ncn1. The highest BCUT2D eigenvalue weighted by Gasteiger charge is 2.25. The Kier molecular flexibility index (Phi) is 6.49. The molecule has 1 aromatic carbocycles. The molecule has 1 saturated heterocycles. The number of nitrogens with one attached hydrogen (secondary N) is 1. The summed E-state index contributed by atoms with van der Waals surface area (Å²) >= 11 is 0. The van der Waals surface area contributed by atoms with Gasteiger partial charge in [-0.25, -0.2) is 9.97 Å². The molecule has 31 heavy (non-hydrogen) atoms. The van der Waals surface area contributed by atoms with Crippen LogP contribution in [-0.4, -0.2) is 46.3 Å². The third-order valence-corrected chi connectivity index (χ3v) is 5.96. The van der Waals surface area contributed by atoms with E-state index >= 15 is 0 Å². The Balaban J connectivity index is 1.43. The lowest BCUT2D eigenvalue weighted by Crippen LogP contribution is -2.28. The molecule has 0 bridgehead atoms. The van der Waals surface area contributed by atoms with E-state index in [4.69, 9.17) is 0 Å². The molecule has 0 atom stereocenters. The van der Waals surface area contributed by atoms with Gasteiger partial charge >= 0.3 is 0 Å². The molecule has 2 aromatic rings. The first-order chi connectivity index (χ1) is 15.0. The number of aromatic nitrogens is 2. The Morgan fingerprint density at radius 3 is 2.77 bits per heavy atom. The molecule has 1 aliphatic heterocycles. The fraction of sp³-hybridized carbons (Fsp3) is 0.500. The van der Waals surface area contributed by atoms with Crippen LogP contribution in [0.4, 0.5) is 11.5 Å². The molecule has 0 radical (unpaired) electrons. The maximum Gasteiger partial charge on any atom is 0.274 e. The Morgan fingerprint density at radius 1 is 1.26 bits per heavy atom. The van der Waals surface area contributed by atoms with Gasteiger partial charge in [0.25, 0.3) is 5.91 Å². The van der Waals surface area contributed by atoms with Crippen LogP contribution in [0, 0.1) is 12.8 Å². The summed E-state index contributed by atoms with van der Waals surface area (Å²) in [5.74, 6) is 1.54. The lowest BCUT2D eigenvalue weighted by atomic mass is 10.1. The van der Waals surface area contributed by atoms with Crippen molar-refractivity contribution < 1.29 is 9.59 Å². The number of carbonyl (C=O) groups excluding carboxylic acids is 2. The molecule has 7 heteroatoms. The van der Waals surface area contributed by atoms with Gasteiger partial charge in [-0.3, -0.25) is 9.59 Å². The minimum Gasteiger partial charge on any atom is -0.356 e. The van der Waals surface area contributed by atoms with Crippen molar-refractivity contribution in [2.75, 3.05) is 29.9 Å². The van der Waals surface area contributed by atoms with Crippen molar-refractivity contribution in [2.24, 2.45) is 5.92 Å². The quantitative estimate of drug-likeness (QED) is 0.667. The second-order valence-electron chi connectivity index (χ2n) is 8.67. The van der Waals surface area contributed by atoms with E-state index in [-0.39, 0.29) is 11.8 Å². The molecule has 2 amide bonds. The van der Waals surface area contributed by atoms with Crippen molar-refractivity contribution >= 4 is 23.3 Å². The second-order valence-corrected chi connectivity index (χ2v) is 8.67. The van der Waals surface area contributed by atoms with Crippen molar-refractivity contribution in [3.8, 4) is 0 Å². The zero-order valence-corrected chi connectivity index (χ0v) is 18.4. The third kappa shape index (κ3) is 5.40. The Hall–Kier alpha value is -2.96. The maximum atomic E-state index is 12.9. The standard InChI is InChI=1S/C24H31N5O2/c1-3-10-28(14-18-6-7-18)22-13-21(25-16-26-22)24(31)27-20-9-8-19(12-17(20)2)15-29-11-4-5-23(29)30/h8-9,12-13,16,18H,3-7,10-11,14-15H2,1-2H3,(H,27,31). The van der Waals surface area contributed by atoms with Crippen LogP contribution in [0.5, 0.6) is 0 Å². The predicted molar refractivity (Wildman–Crippen MR) is 121 cm³/mol. The summed E-state index contributed by atoms with van der Waals surface area (Å²) in [6.07, 6.45) is 6.64. The predicted octanol–water partition coefficient (Wildman–Crippen LogP) is 3.79. The number of benzene rings is 1. The number of hydrogen-bond donors (Lipinski definition) is 1. The van der Waals surface area contributed by atoms with Crippen LogP contribution >= 0.6 is 0 Å². The number of aryl methyl sites for hydroxylation is 1. The average molecular weight is 422 g/mol. The highest BCUT2D eigenvalue weighted by atomic mass is 16.2. The van der Waals surface area contributed by atoms with Crippen molar-refractivity contribution in [3.63, 3.8) is 0 Å². The lowest BCUT2D eigenvalue weighted by molar-refractivity contribution is -0.128. The minimum atomic E-state index is -0.239. The van der Waals surface area contributed by atoms with Crippen LogP contribution in [0.2, 0.25) is 0 Å². The van der Waals surface area contributed by atoms with E-state index in [2.05, 4.69) is 27.1 Å². The highest BCUT2D eigenvalue weighted by Crippen LogP contribution is 2.31. The van der Waals surface area contributed by atoms with Gasteiger partial charge in [0.1, 0.15) is 17.8 Å². The molecule has 0 unspecified atom stereocenters. The van der Waals surface area contributed by atoms with Crippen LogP contribution < -0.4 is 10.2 Å². The number of likely N-dealkylation sites (tertiary alicyclic amines) is 1. The summed E-state index contributed by atoms with van der Waals surface area (Å²) in [5.41, 5.74) is 3.16. The van der Waals surface area contributed by atoms with Gasteiger partial charge in [-0.15, -0.1) is 0 Å². The van der Waals surface area contributed by atoms with Crippen molar-refractivity contribution in [3.05, 3.63) is 47.4 Å². The van der Waals surface area contributed by atoms with E-state index in [1.54, 1.807) is 6.07 Å². The lowest BCUT2D eigenvalue weighted by Gasteiger charge is -2.23. The number of rotatable bonds is 9. The summed E-state index contributed by atoms with van der Waals surface area (Å²) in [4.78, 5) is 37.5. The molecule has 2 heterocycles. The molecule has 1 N–H and O–H groups in total. The number of anilines is 2. The van der Waals surface area contributed by atoms with E-state index in [0.717, 1.165) is 61.0 Å². The fourth-order valence-electron chi connectivity index (χ4n) is 4.07. The zero-order valence-electron chi connectivity index (χ0n) is 18.4.